The second kappa shape index (κ2) is 9.70. The molecule has 2 aromatic rings. The molecule has 1 fully saturated rings. The number of amides is 1. The number of fused-ring (bicyclic) bond motifs is 1. The highest BCUT2D eigenvalue weighted by atomic mass is 19.1. The van der Waals surface area contributed by atoms with E-state index < -0.39 is 23.6 Å². The molecule has 1 atom stereocenters. The number of pyridine rings is 2. The Balaban J connectivity index is 1.31. The Bertz CT molecular complexity index is 1010. The van der Waals surface area contributed by atoms with E-state index in [2.05, 4.69) is 26.7 Å². The summed E-state index contributed by atoms with van der Waals surface area (Å²) in [6.07, 6.45) is 3.83. The summed E-state index contributed by atoms with van der Waals surface area (Å²) in [5.41, 5.74) is 0.564. The minimum atomic E-state index is -2.05. The number of aliphatic carboxylic acids is 1. The molecule has 0 spiro atoms. The number of anilines is 1. The largest absolute Gasteiger partial charge is 0.481 e. The Morgan fingerprint density at radius 2 is 2.15 bits per heavy atom. The maximum Gasteiger partial charge on any atom is 0.305 e. The third-order valence-corrected chi connectivity index (χ3v) is 6.05. The molecule has 4 rings (SSSR count). The van der Waals surface area contributed by atoms with Crippen molar-refractivity contribution >= 4 is 17.7 Å². The van der Waals surface area contributed by atoms with Crippen molar-refractivity contribution in [2.45, 2.75) is 37.4 Å². The Morgan fingerprint density at radius 1 is 1.33 bits per heavy atom. The molecule has 1 amide bonds. The third-order valence-electron chi connectivity index (χ3n) is 6.05. The molecule has 1 saturated heterocycles. The first kappa shape index (κ1) is 22.9. The monoisotopic (exact) mass is 457 g/mol. The molecule has 33 heavy (non-hydrogen) atoms. The summed E-state index contributed by atoms with van der Waals surface area (Å²) in [6, 6.07) is 6.38. The van der Waals surface area contributed by atoms with Crippen LogP contribution in [0.4, 0.5) is 10.2 Å². The lowest BCUT2D eigenvalue weighted by molar-refractivity contribution is -0.146. The number of carboxylic acid groups (broad SMARTS) is 1. The van der Waals surface area contributed by atoms with Gasteiger partial charge in [-0.15, -0.1) is 0 Å². The molecule has 10 heteroatoms. The molecule has 9 nitrogen and oxygen atoms in total. The van der Waals surface area contributed by atoms with Crippen LogP contribution in [0.2, 0.25) is 0 Å². The van der Waals surface area contributed by atoms with Crippen molar-refractivity contribution in [3.63, 3.8) is 0 Å². The van der Waals surface area contributed by atoms with E-state index in [1.54, 1.807) is 12.1 Å². The van der Waals surface area contributed by atoms with Crippen LogP contribution in [0.3, 0.4) is 0 Å². The van der Waals surface area contributed by atoms with Crippen LogP contribution in [0.5, 0.6) is 5.88 Å². The number of halogens is 1. The average molecular weight is 458 g/mol. The minimum Gasteiger partial charge on any atom is -0.481 e. The maximum absolute atomic E-state index is 15.2. The summed E-state index contributed by atoms with van der Waals surface area (Å²) < 4.78 is 20.2. The lowest BCUT2D eigenvalue weighted by Gasteiger charge is -2.43. The number of likely N-dealkylation sites (tertiary alicyclic amines) is 1. The molecule has 0 aromatic carbocycles. The smallest absolute Gasteiger partial charge is 0.305 e. The maximum atomic E-state index is 15.2. The highest BCUT2D eigenvalue weighted by Crippen LogP contribution is 2.28. The number of aromatic nitrogens is 2. The summed E-state index contributed by atoms with van der Waals surface area (Å²) in [5.74, 6) is -0.623. The van der Waals surface area contributed by atoms with Crippen LogP contribution < -0.4 is 15.4 Å². The molecule has 2 aliphatic rings. The summed E-state index contributed by atoms with van der Waals surface area (Å²) in [5, 5.41) is 15.1. The lowest BCUT2D eigenvalue weighted by atomic mass is 9.93. The van der Waals surface area contributed by atoms with Crippen molar-refractivity contribution in [3.05, 3.63) is 47.3 Å². The zero-order chi connectivity index (χ0) is 23.4. The molecule has 2 aliphatic heterocycles. The quantitative estimate of drug-likeness (QED) is 0.522. The standard InChI is InChI=1S/C23H28FN5O4/c1-33-19-7-5-16(12-26-19)18(11-20(30)31)28-22(32)23(24)13-29(14-23)10-8-17-6-4-15-3-2-9-25-21(15)27-17/h4-7,12,18H,2-3,8-11,13-14H2,1H3,(H,25,27)(H,28,32)(H,30,31)/t18-/m0/s1. The number of hydrogen-bond donors (Lipinski definition) is 3. The third kappa shape index (κ3) is 5.39. The zero-order valence-electron chi connectivity index (χ0n) is 18.5. The van der Waals surface area contributed by atoms with Crippen LogP contribution >= 0.6 is 0 Å². The second-order valence-corrected chi connectivity index (χ2v) is 8.52. The van der Waals surface area contributed by atoms with Gasteiger partial charge in [0.05, 0.1) is 19.6 Å². The molecule has 0 unspecified atom stereocenters. The van der Waals surface area contributed by atoms with Gasteiger partial charge in [-0.25, -0.2) is 14.4 Å². The SMILES string of the molecule is COc1ccc([C@H](CC(=O)O)NC(=O)C2(F)CN(CCc3ccc4c(n3)NCCC4)C2)cn1. The van der Waals surface area contributed by atoms with Crippen molar-refractivity contribution < 1.29 is 23.8 Å². The van der Waals surface area contributed by atoms with Crippen LogP contribution in [0.1, 0.15) is 35.7 Å². The van der Waals surface area contributed by atoms with Gasteiger partial charge in [0.2, 0.25) is 11.5 Å². The first-order valence-corrected chi connectivity index (χ1v) is 11.0. The van der Waals surface area contributed by atoms with E-state index in [-0.39, 0.29) is 19.5 Å². The van der Waals surface area contributed by atoms with Gasteiger partial charge in [0, 0.05) is 50.6 Å². The van der Waals surface area contributed by atoms with Crippen LogP contribution in [0.15, 0.2) is 30.5 Å². The topological polar surface area (TPSA) is 117 Å². The fraction of sp³-hybridized carbons (Fsp3) is 0.478. The fourth-order valence-corrected chi connectivity index (χ4v) is 4.18. The summed E-state index contributed by atoms with van der Waals surface area (Å²) in [6.45, 7) is 1.43. The number of carbonyl (C=O) groups excluding carboxylic acids is 1. The molecule has 0 aliphatic carbocycles. The van der Waals surface area contributed by atoms with Gasteiger partial charge in [-0.3, -0.25) is 14.5 Å². The van der Waals surface area contributed by atoms with Gasteiger partial charge >= 0.3 is 5.97 Å². The number of nitrogens with one attached hydrogen (secondary N) is 2. The van der Waals surface area contributed by atoms with E-state index in [0.717, 1.165) is 30.9 Å². The summed E-state index contributed by atoms with van der Waals surface area (Å²) >= 11 is 0. The number of hydrogen-bond acceptors (Lipinski definition) is 7. The predicted octanol–water partition coefficient (Wildman–Crippen LogP) is 1.74. The molecular formula is C23H28FN5O4. The van der Waals surface area contributed by atoms with Crippen molar-refractivity contribution in [3.8, 4) is 5.88 Å². The molecule has 2 aromatic heterocycles. The van der Waals surface area contributed by atoms with Gasteiger partial charge in [0.25, 0.3) is 5.91 Å². The molecule has 176 valence electrons. The van der Waals surface area contributed by atoms with Gasteiger partial charge in [0.15, 0.2) is 0 Å². The molecule has 0 saturated carbocycles. The Labute approximate surface area is 191 Å². The van der Waals surface area contributed by atoms with Crippen molar-refractivity contribution in [2.75, 3.05) is 38.6 Å². The Kier molecular flexibility index (Phi) is 6.73. The van der Waals surface area contributed by atoms with Crippen molar-refractivity contribution in [1.29, 1.82) is 0 Å². The van der Waals surface area contributed by atoms with E-state index in [1.165, 1.54) is 18.9 Å². The highest BCUT2D eigenvalue weighted by Gasteiger charge is 2.50. The number of nitrogens with zero attached hydrogens (tertiary/aromatic N) is 3. The second-order valence-electron chi connectivity index (χ2n) is 8.52. The Hall–Kier alpha value is -3.27. The van der Waals surface area contributed by atoms with E-state index in [0.29, 0.717) is 24.4 Å². The number of carbonyl (C=O) groups is 2. The first-order chi connectivity index (χ1) is 15.9. The number of aryl methyl sites for hydroxylation is 1. The van der Waals surface area contributed by atoms with Crippen LogP contribution in [0, 0.1) is 0 Å². The number of methoxy groups -OCH3 is 1. The van der Waals surface area contributed by atoms with E-state index in [4.69, 9.17) is 4.74 Å². The van der Waals surface area contributed by atoms with E-state index in [9.17, 15) is 14.7 Å². The molecule has 4 heterocycles. The van der Waals surface area contributed by atoms with Crippen LogP contribution in [0.25, 0.3) is 0 Å². The molecule has 3 N–H and O–H groups in total. The summed E-state index contributed by atoms with van der Waals surface area (Å²) in [7, 11) is 1.46. The number of ether oxygens (including phenoxy) is 1. The van der Waals surface area contributed by atoms with E-state index in [1.807, 2.05) is 11.0 Å². The Morgan fingerprint density at radius 3 is 2.85 bits per heavy atom. The van der Waals surface area contributed by atoms with Crippen molar-refractivity contribution in [1.82, 2.24) is 20.2 Å². The van der Waals surface area contributed by atoms with E-state index >= 15 is 4.39 Å². The molecular weight excluding hydrogens is 429 g/mol. The van der Waals surface area contributed by atoms with Gasteiger partial charge in [-0.2, -0.15) is 0 Å². The van der Waals surface area contributed by atoms with Crippen LogP contribution in [-0.2, 0) is 22.4 Å². The lowest BCUT2D eigenvalue weighted by Crippen LogP contribution is -2.66. The zero-order valence-corrected chi connectivity index (χ0v) is 18.5. The minimum absolute atomic E-state index is 0.0390. The summed E-state index contributed by atoms with van der Waals surface area (Å²) in [4.78, 5) is 34.5. The number of alkyl halides is 1. The predicted molar refractivity (Wildman–Crippen MR) is 119 cm³/mol. The average Bonchev–Trinajstić information content (AvgIpc) is 2.80. The van der Waals surface area contributed by atoms with Gasteiger partial charge in [-0.05, 0) is 30.0 Å². The molecule has 0 radical (unpaired) electrons. The first-order valence-electron chi connectivity index (χ1n) is 11.0. The fourth-order valence-electron chi connectivity index (χ4n) is 4.18. The van der Waals surface area contributed by atoms with Gasteiger partial charge in [0.1, 0.15) is 5.82 Å². The van der Waals surface area contributed by atoms with Gasteiger partial charge in [-0.1, -0.05) is 12.1 Å². The number of rotatable bonds is 9. The molecule has 0 bridgehead atoms. The van der Waals surface area contributed by atoms with Gasteiger partial charge < -0.3 is 20.5 Å². The van der Waals surface area contributed by atoms with Crippen molar-refractivity contribution in [2.24, 2.45) is 0 Å². The normalized spacial score (nSPS) is 17.8. The number of carboxylic acids is 1. The van der Waals surface area contributed by atoms with Crippen LogP contribution in [-0.4, -0.2) is 70.8 Å². The highest BCUT2D eigenvalue weighted by molar-refractivity contribution is 5.87.